The van der Waals surface area contributed by atoms with Gasteiger partial charge in [-0.15, -0.1) is 20.8 Å². The lowest BCUT2D eigenvalue weighted by atomic mass is 9.88. The van der Waals surface area contributed by atoms with E-state index in [9.17, 15) is 0 Å². The van der Waals surface area contributed by atoms with E-state index in [2.05, 4.69) is 33.5 Å². The lowest BCUT2D eigenvalue weighted by molar-refractivity contribution is 0.703. The minimum atomic E-state index is -0.412. The van der Waals surface area contributed by atoms with Gasteiger partial charge in [0.05, 0.1) is 4.87 Å². The second kappa shape index (κ2) is 5.67. The van der Waals surface area contributed by atoms with Crippen molar-refractivity contribution >= 4 is 20.8 Å². The van der Waals surface area contributed by atoms with Crippen LogP contribution < -0.4 is 0 Å². The van der Waals surface area contributed by atoms with Gasteiger partial charge in [0.25, 0.3) is 0 Å². The maximum atomic E-state index is 6.88. The molecule has 0 bridgehead atoms. The van der Waals surface area contributed by atoms with Gasteiger partial charge in [0.15, 0.2) is 0 Å². The SMILES string of the molecule is PCCC(Cl)(c1ccccc1)c1ccccc1. The fourth-order valence-electron chi connectivity index (χ4n) is 2.06. The summed E-state index contributed by atoms with van der Waals surface area (Å²) in [6.45, 7) is 0. The maximum absolute atomic E-state index is 6.88. The highest BCUT2D eigenvalue weighted by Gasteiger charge is 2.30. The molecule has 88 valence electrons. The zero-order valence-corrected chi connectivity index (χ0v) is 11.6. The molecular weight excluding hydrogens is 247 g/mol. The van der Waals surface area contributed by atoms with E-state index in [0.29, 0.717) is 0 Å². The molecule has 0 aliphatic carbocycles. The summed E-state index contributed by atoms with van der Waals surface area (Å²) in [6.07, 6.45) is 1.89. The van der Waals surface area contributed by atoms with Gasteiger partial charge in [0.2, 0.25) is 0 Å². The zero-order chi connectivity index (χ0) is 12.1. The highest BCUT2D eigenvalue weighted by Crippen LogP contribution is 2.40. The normalized spacial score (nSPS) is 11.4. The fraction of sp³-hybridized carbons (Fsp3) is 0.200. The topological polar surface area (TPSA) is 0 Å². The van der Waals surface area contributed by atoms with E-state index in [1.54, 1.807) is 0 Å². The van der Waals surface area contributed by atoms with Crippen molar-refractivity contribution in [2.24, 2.45) is 0 Å². The summed E-state index contributed by atoms with van der Waals surface area (Å²) in [6, 6.07) is 20.6. The average Bonchev–Trinajstić information content (AvgIpc) is 2.41. The molecule has 0 fully saturated rings. The van der Waals surface area contributed by atoms with Gasteiger partial charge in [0, 0.05) is 0 Å². The monoisotopic (exact) mass is 262 g/mol. The number of benzene rings is 2. The Morgan fingerprint density at radius 3 is 1.59 bits per heavy atom. The molecule has 1 atom stereocenters. The average molecular weight is 263 g/mol. The summed E-state index contributed by atoms with van der Waals surface area (Å²) in [5.41, 5.74) is 2.32. The molecule has 2 rings (SSSR count). The van der Waals surface area contributed by atoms with Crippen LogP contribution in [0.25, 0.3) is 0 Å². The highest BCUT2D eigenvalue weighted by atomic mass is 35.5. The Balaban J connectivity index is 2.47. The first kappa shape index (κ1) is 12.6. The molecule has 0 nitrogen and oxygen atoms in total. The van der Waals surface area contributed by atoms with Crippen molar-refractivity contribution in [1.82, 2.24) is 0 Å². The van der Waals surface area contributed by atoms with Gasteiger partial charge in [-0.2, -0.15) is 0 Å². The van der Waals surface area contributed by atoms with Gasteiger partial charge >= 0.3 is 0 Å². The van der Waals surface area contributed by atoms with E-state index in [4.69, 9.17) is 11.6 Å². The standard InChI is InChI=1S/C15H16ClP/c16-15(11-12-17,13-7-3-1-4-8-13)14-9-5-2-6-10-14/h1-10H,11-12,17H2. The van der Waals surface area contributed by atoms with Crippen LogP contribution in [-0.4, -0.2) is 6.16 Å². The number of rotatable bonds is 4. The van der Waals surface area contributed by atoms with E-state index >= 15 is 0 Å². The van der Waals surface area contributed by atoms with Crippen LogP contribution in [0.15, 0.2) is 60.7 Å². The van der Waals surface area contributed by atoms with Gasteiger partial charge < -0.3 is 0 Å². The number of halogens is 1. The minimum Gasteiger partial charge on any atom is -0.138 e. The van der Waals surface area contributed by atoms with Crippen LogP contribution in [0.2, 0.25) is 0 Å². The first-order valence-electron chi connectivity index (χ1n) is 5.77. The molecule has 0 radical (unpaired) electrons. The third-order valence-corrected chi connectivity index (χ3v) is 3.87. The lowest BCUT2D eigenvalue weighted by Crippen LogP contribution is -2.21. The molecule has 0 saturated carbocycles. The Kier molecular flexibility index (Phi) is 4.20. The van der Waals surface area contributed by atoms with Crippen molar-refractivity contribution in [3.63, 3.8) is 0 Å². The van der Waals surface area contributed by atoms with Crippen LogP contribution in [0, 0.1) is 0 Å². The lowest BCUT2D eigenvalue weighted by Gasteiger charge is -2.28. The fourth-order valence-corrected chi connectivity index (χ4v) is 3.04. The van der Waals surface area contributed by atoms with Crippen LogP contribution >= 0.6 is 20.8 Å². The minimum absolute atomic E-state index is 0.412. The molecule has 0 aliphatic heterocycles. The summed E-state index contributed by atoms with van der Waals surface area (Å²) in [5, 5.41) is 0. The predicted molar refractivity (Wildman–Crippen MR) is 78.7 cm³/mol. The molecule has 0 aliphatic rings. The molecule has 2 heteroatoms. The highest BCUT2D eigenvalue weighted by molar-refractivity contribution is 7.16. The van der Waals surface area contributed by atoms with Gasteiger partial charge in [0.1, 0.15) is 0 Å². The van der Waals surface area contributed by atoms with E-state index in [-0.39, 0.29) is 0 Å². The second-order valence-corrected chi connectivity index (χ2v) is 5.29. The van der Waals surface area contributed by atoms with E-state index in [0.717, 1.165) is 23.7 Å². The molecule has 0 aromatic heterocycles. The van der Waals surface area contributed by atoms with Gasteiger partial charge in [-0.1, -0.05) is 60.7 Å². The molecule has 0 amide bonds. The van der Waals surface area contributed by atoms with Crippen molar-refractivity contribution in [3.8, 4) is 0 Å². The van der Waals surface area contributed by atoms with Crippen molar-refractivity contribution in [3.05, 3.63) is 71.8 Å². The van der Waals surface area contributed by atoms with Crippen LogP contribution in [-0.2, 0) is 4.87 Å². The van der Waals surface area contributed by atoms with Gasteiger partial charge in [-0.25, -0.2) is 0 Å². The van der Waals surface area contributed by atoms with Gasteiger partial charge in [-0.3, -0.25) is 0 Å². The van der Waals surface area contributed by atoms with Crippen LogP contribution in [0.5, 0.6) is 0 Å². The largest absolute Gasteiger partial charge is 0.138 e. The van der Waals surface area contributed by atoms with E-state index in [1.165, 1.54) is 0 Å². The molecule has 17 heavy (non-hydrogen) atoms. The summed E-state index contributed by atoms with van der Waals surface area (Å²) >= 11 is 6.88. The van der Waals surface area contributed by atoms with Gasteiger partial charge in [-0.05, 0) is 23.7 Å². The number of hydrogen-bond donors (Lipinski definition) is 0. The summed E-state index contributed by atoms with van der Waals surface area (Å²) in [4.78, 5) is -0.412. The molecule has 2 aromatic rings. The molecule has 0 heterocycles. The quantitative estimate of drug-likeness (QED) is 0.565. The Morgan fingerprint density at radius 2 is 1.24 bits per heavy atom. The number of alkyl halides is 1. The maximum Gasteiger partial charge on any atom is 0.0947 e. The smallest absolute Gasteiger partial charge is 0.0947 e. The molecule has 0 spiro atoms. The first-order valence-corrected chi connectivity index (χ1v) is 6.97. The number of hydrogen-bond acceptors (Lipinski definition) is 0. The van der Waals surface area contributed by atoms with E-state index in [1.807, 2.05) is 36.4 Å². The Labute approximate surface area is 110 Å². The molecule has 0 saturated heterocycles. The molecular formula is C15H16ClP. The first-order chi connectivity index (χ1) is 8.27. The molecule has 0 N–H and O–H groups in total. The van der Waals surface area contributed by atoms with Crippen molar-refractivity contribution in [2.45, 2.75) is 11.3 Å². The summed E-state index contributed by atoms with van der Waals surface area (Å²) in [7, 11) is 2.76. The Hall–Kier alpha value is -0.840. The van der Waals surface area contributed by atoms with Crippen molar-refractivity contribution < 1.29 is 0 Å². The predicted octanol–water partition coefficient (Wildman–Crippen LogP) is 4.43. The summed E-state index contributed by atoms with van der Waals surface area (Å²) < 4.78 is 0. The summed E-state index contributed by atoms with van der Waals surface area (Å²) in [5.74, 6) is 0. The zero-order valence-electron chi connectivity index (χ0n) is 9.64. The third-order valence-electron chi connectivity index (χ3n) is 2.95. The van der Waals surface area contributed by atoms with Crippen LogP contribution in [0.3, 0.4) is 0 Å². The van der Waals surface area contributed by atoms with Crippen LogP contribution in [0.1, 0.15) is 17.5 Å². The van der Waals surface area contributed by atoms with Crippen molar-refractivity contribution in [1.29, 1.82) is 0 Å². The second-order valence-electron chi connectivity index (χ2n) is 4.07. The third kappa shape index (κ3) is 2.70. The molecule has 2 aromatic carbocycles. The Morgan fingerprint density at radius 1 is 0.824 bits per heavy atom. The van der Waals surface area contributed by atoms with Crippen LogP contribution in [0.4, 0.5) is 0 Å². The van der Waals surface area contributed by atoms with E-state index < -0.39 is 4.87 Å². The Bertz CT molecular complexity index is 413. The molecule has 1 unspecified atom stereocenters. The van der Waals surface area contributed by atoms with Crippen molar-refractivity contribution in [2.75, 3.05) is 6.16 Å².